The third-order valence-electron chi connectivity index (χ3n) is 6.06. The molecule has 0 saturated carbocycles. The summed E-state index contributed by atoms with van der Waals surface area (Å²) in [5.41, 5.74) is 7.16. The Morgan fingerprint density at radius 3 is 2.22 bits per heavy atom. The second-order valence-electron chi connectivity index (χ2n) is 8.59. The molecule has 1 amide bonds. The zero-order chi connectivity index (χ0) is 18.8. The van der Waals surface area contributed by atoms with Crippen LogP contribution in [0.5, 0.6) is 0 Å². The zero-order valence-corrected chi connectivity index (χ0v) is 23.1. The van der Waals surface area contributed by atoms with Crippen molar-refractivity contribution in [1.29, 1.82) is 0 Å². The van der Waals surface area contributed by atoms with Crippen LogP contribution in [-0.4, -0.2) is 79.0 Å². The minimum atomic E-state index is 0. The van der Waals surface area contributed by atoms with Gasteiger partial charge in [0, 0.05) is 51.7 Å². The largest absolute Gasteiger partial charge is 1.00 e. The van der Waals surface area contributed by atoms with Gasteiger partial charge in [-0.25, -0.2) is 0 Å². The Balaban J connectivity index is 0.00000364. The maximum absolute atomic E-state index is 12.3. The van der Waals surface area contributed by atoms with Crippen LogP contribution in [0.1, 0.15) is 65.2 Å². The number of hydrogen-bond donors (Lipinski definition) is 0. The topological polar surface area (TPSA) is 50.6 Å². The zero-order valence-electron chi connectivity index (χ0n) is 18.2. The number of piperazine rings is 1. The van der Waals surface area contributed by atoms with E-state index in [2.05, 4.69) is 28.5 Å². The number of rotatable bonds is 10. The summed E-state index contributed by atoms with van der Waals surface area (Å²) in [6.07, 6.45) is 8.55. The first-order chi connectivity index (χ1) is 12.6. The predicted molar refractivity (Wildman–Crippen MR) is 109 cm³/mol. The van der Waals surface area contributed by atoms with Gasteiger partial charge in [0.05, 0.1) is 0 Å². The van der Waals surface area contributed by atoms with Gasteiger partial charge < -0.3 is 15.5 Å². The van der Waals surface area contributed by atoms with Crippen LogP contribution in [0.4, 0.5) is 0 Å². The molecule has 0 radical (unpaired) electrons. The molecule has 2 rings (SSSR count). The molecule has 27 heavy (non-hydrogen) atoms. The molecule has 5 nitrogen and oxygen atoms in total. The Kier molecular flexibility index (Phi) is 14.6. The Labute approximate surface area is 216 Å². The number of piperidine rings is 1. The van der Waals surface area contributed by atoms with Gasteiger partial charge in [0.2, 0.25) is 5.91 Å². The Bertz CT molecular complexity index is 392. The first-order valence-corrected chi connectivity index (χ1v) is 11.0. The SMILES string of the molecule is CC(C)CCCN1CCN(C2CCN(C(=O)CCCCC[NH-])CC2)CC1.[Rb+]. The fourth-order valence-corrected chi connectivity index (χ4v) is 4.29. The normalized spacial score (nSPS) is 20.1. The number of carbonyl (C=O) groups excluding carboxylic acids is 1. The summed E-state index contributed by atoms with van der Waals surface area (Å²) in [5.74, 6) is 1.16. The number of nitrogens with zero attached hydrogens (tertiary/aromatic N) is 3. The molecule has 0 aromatic rings. The number of carbonyl (C=O) groups is 1. The van der Waals surface area contributed by atoms with Gasteiger partial charge in [-0.3, -0.25) is 9.69 Å². The summed E-state index contributed by atoms with van der Waals surface area (Å²) in [7, 11) is 0. The Morgan fingerprint density at radius 2 is 1.63 bits per heavy atom. The molecule has 2 aliphatic rings. The molecule has 0 unspecified atom stereocenters. The number of hydrogen-bond acceptors (Lipinski definition) is 3. The van der Waals surface area contributed by atoms with Gasteiger partial charge in [0.1, 0.15) is 0 Å². The van der Waals surface area contributed by atoms with Gasteiger partial charge in [0.15, 0.2) is 0 Å². The first-order valence-electron chi connectivity index (χ1n) is 11.0. The van der Waals surface area contributed by atoms with E-state index >= 15 is 0 Å². The van der Waals surface area contributed by atoms with Crippen LogP contribution in [0.25, 0.3) is 5.73 Å². The Hall–Kier alpha value is 1.16. The molecule has 1 N–H and O–H groups in total. The summed E-state index contributed by atoms with van der Waals surface area (Å²) in [5, 5.41) is 0. The molecule has 0 spiro atoms. The van der Waals surface area contributed by atoms with Crippen LogP contribution in [0.3, 0.4) is 0 Å². The third kappa shape index (κ3) is 10.1. The maximum atomic E-state index is 12.3. The van der Waals surface area contributed by atoms with Crippen LogP contribution >= 0.6 is 0 Å². The third-order valence-corrected chi connectivity index (χ3v) is 6.06. The van der Waals surface area contributed by atoms with Gasteiger partial charge >= 0.3 is 58.2 Å². The van der Waals surface area contributed by atoms with Crippen molar-refractivity contribution in [2.24, 2.45) is 5.92 Å². The first kappa shape index (κ1) is 26.2. The number of likely N-dealkylation sites (tertiary alicyclic amines) is 1. The fraction of sp³-hybridized carbons (Fsp3) is 0.952. The van der Waals surface area contributed by atoms with Gasteiger partial charge in [-0.15, -0.1) is 0 Å². The van der Waals surface area contributed by atoms with Crippen LogP contribution in [0, 0.1) is 5.92 Å². The molecule has 2 aliphatic heterocycles. The monoisotopic (exact) mass is 450 g/mol. The van der Waals surface area contributed by atoms with Crippen molar-refractivity contribution in [1.82, 2.24) is 14.7 Å². The summed E-state index contributed by atoms with van der Waals surface area (Å²) in [6.45, 7) is 13.1. The van der Waals surface area contributed by atoms with Crippen LogP contribution in [0.15, 0.2) is 0 Å². The van der Waals surface area contributed by atoms with Gasteiger partial charge in [0.25, 0.3) is 0 Å². The van der Waals surface area contributed by atoms with Crippen molar-refractivity contribution in [2.75, 3.05) is 52.4 Å². The quantitative estimate of drug-likeness (QED) is 0.459. The van der Waals surface area contributed by atoms with Gasteiger partial charge in [-0.05, 0) is 44.6 Å². The molecule has 2 heterocycles. The van der Waals surface area contributed by atoms with E-state index in [0.717, 1.165) is 51.1 Å². The molecule has 0 aliphatic carbocycles. The van der Waals surface area contributed by atoms with Crippen molar-refractivity contribution in [3.05, 3.63) is 5.73 Å². The standard InChI is InChI=1S/C21H41N4O.Rb/c1-19(2)7-6-12-23-15-17-24(18-16-23)20-9-13-25(14-10-20)21(26)8-4-3-5-11-22;/h19-20,22H,3-18H2,1-2H3;/q-1;+1. The summed E-state index contributed by atoms with van der Waals surface area (Å²) < 4.78 is 0. The molecule has 0 aromatic heterocycles. The second kappa shape index (κ2) is 15.0. The van der Waals surface area contributed by atoms with Crippen LogP contribution in [-0.2, 0) is 4.79 Å². The molecular weight excluding hydrogens is 410 g/mol. The summed E-state index contributed by atoms with van der Waals surface area (Å²) >= 11 is 0. The minimum absolute atomic E-state index is 0. The minimum Gasteiger partial charge on any atom is -0.677 e. The average Bonchev–Trinajstić information content (AvgIpc) is 2.65. The molecule has 0 atom stereocenters. The van der Waals surface area contributed by atoms with E-state index < -0.39 is 0 Å². The summed E-state index contributed by atoms with van der Waals surface area (Å²) in [6, 6.07) is 0.681. The maximum Gasteiger partial charge on any atom is 1.00 e. The molecule has 2 saturated heterocycles. The number of nitrogens with one attached hydrogen (secondary N) is 1. The van der Waals surface area contributed by atoms with E-state index in [9.17, 15) is 4.79 Å². The molecule has 152 valence electrons. The second-order valence-corrected chi connectivity index (χ2v) is 8.59. The van der Waals surface area contributed by atoms with Gasteiger partial charge in [-0.2, -0.15) is 6.54 Å². The predicted octanol–water partition coefficient (Wildman–Crippen LogP) is 0.648. The molecule has 2 fully saturated rings. The van der Waals surface area contributed by atoms with E-state index in [4.69, 9.17) is 5.73 Å². The molecule has 0 aromatic carbocycles. The van der Waals surface area contributed by atoms with E-state index in [1.807, 2.05) is 0 Å². The van der Waals surface area contributed by atoms with E-state index in [1.54, 1.807) is 0 Å². The van der Waals surface area contributed by atoms with Crippen molar-refractivity contribution < 1.29 is 63.0 Å². The van der Waals surface area contributed by atoms with Crippen LogP contribution < -0.4 is 58.2 Å². The van der Waals surface area contributed by atoms with Crippen molar-refractivity contribution >= 4 is 5.91 Å². The van der Waals surface area contributed by atoms with E-state index in [0.29, 0.717) is 24.9 Å². The van der Waals surface area contributed by atoms with Crippen molar-refractivity contribution in [3.63, 3.8) is 0 Å². The smallest absolute Gasteiger partial charge is 0.677 e. The van der Waals surface area contributed by atoms with Crippen LogP contribution in [0.2, 0.25) is 0 Å². The van der Waals surface area contributed by atoms with Crippen molar-refractivity contribution in [2.45, 2.75) is 71.3 Å². The van der Waals surface area contributed by atoms with E-state index in [-0.39, 0.29) is 58.2 Å². The molecule has 6 heteroatoms. The Morgan fingerprint density at radius 1 is 0.963 bits per heavy atom. The van der Waals surface area contributed by atoms with Crippen molar-refractivity contribution in [3.8, 4) is 0 Å². The fourth-order valence-electron chi connectivity index (χ4n) is 4.29. The molecule has 0 bridgehead atoms. The van der Waals surface area contributed by atoms with Gasteiger partial charge in [-0.1, -0.05) is 26.7 Å². The molecular formula is C21H41N4ORb. The average molecular weight is 451 g/mol. The van der Waals surface area contributed by atoms with E-state index in [1.165, 1.54) is 45.6 Å². The summed E-state index contributed by atoms with van der Waals surface area (Å²) in [4.78, 5) is 19.7. The number of amides is 1. The number of unbranched alkanes of at least 4 members (excludes halogenated alkanes) is 2.